The van der Waals surface area contributed by atoms with Crippen molar-refractivity contribution in [2.24, 2.45) is 0 Å². The smallest absolute Gasteiger partial charge is 0.243 e. The number of nitrogens with zero attached hydrogens (tertiary/aromatic N) is 1. The van der Waals surface area contributed by atoms with Gasteiger partial charge in [-0.3, -0.25) is 0 Å². The third-order valence-corrected chi connectivity index (χ3v) is 7.53. The molecule has 1 aromatic heterocycles. The molecule has 0 aliphatic heterocycles. The molecule has 5 nitrogen and oxygen atoms in total. The predicted octanol–water partition coefficient (Wildman–Crippen LogP) is 3.66. The fraction of sp³-hybridized carbons (Fsp3) is 0.333. The highest BCUT2D eigenvalue weighted by atomic mass is 32.2. The SMILES string of the molecule is COc1ccc(S(=O)(=O)N(C)C2CCc3[nH]c4ccccc4c3C2)cc1C. The molecule has 0 bridgehead atoms. The van der Waals surface area contributed by atoms with Gasteiger partial charge in [-0.05, 0) is 61.6 Å². The summed E-state index contributed by atoms with van der Waals surface area (Å²) in [6.45, 7) is 1.86. The fourth-order valence-corrected chi connectivity index (χ4v) is 5.51. The minimum Gasteiger partial charge on any atom is -0.496 e. The van der Waals surface area contributed by atoms with Crippen LogP contribution in [0.2, 0.25) is 0 Å². The molecule has 6 heteroatoms. The normalized spacial score (nSPS) is 17.3. The van der Waals surface area contributed by atoms with Crippen LogP contribution in [0.25, 0.3) is 10.9 Å². The number of aryl methyl sites for hydroxylation is 2. The number of methoxy groups -OCH3 is 1. The van der Waals surface area contributed by atoms with Crippen molar-refractivity contribution in [1.29, 1.82) is 0 Å². The van der Waals surface area contributed by atoms with Crippen LogP contribution in [0.3, 0.4) is 0 Å². The van der Waals surface area contributed by atoms with Gasteiger partial charge in [0.05, 0.1) is 12.0 Å². The molecule has 27 heavy (non-hydrogen) atoms. The van der Waals surface area contributed by atoms with Crippen molar-refractivity contribution >= 4 is 20.9 Å². The number of aromatic amines is 1. The topological polar surface area (TPSA) is 62.4 Å². The lowest BCUT2D eigenvalue weighted by Gasteiger charge is -2.31. The van der Waals surface area contributed by atoms with Crippen molar-refractivity contribution in [2.45, 2.75) is 37.1 Å². The summed E-state index contributed by atoms with van der Waals surface area (Å²) in [7, 11) is -0.277. The Labute approximate surface area is 160 Å². The largest absolute Gasteiger partial charge is 0.496 e. The monoisotopic (exact) mass is 384 g/mol. The predicted molar refractivity (Wildman–Crippen MR) is 107 cm³/mol. The van der Waals surface area contributed by atoms with E-state index in [1.165, 1.54) is 16.6 Å². The van der Waals surface area contributed by atoms with Crippen LogP contribution in [0.1, 0.15) is 23.2 Å². The molecule has 1 aliphatic rings. The second-order valence-corrected chi connectivity index (χ2v) is 9.17. The summed E-state index contributed by atoms with van der Waals surface area (Å²) >= 11 is 0. The summed E-state index contributed by atoms with van der Waals surface area (Å²) in [6.07, 6.45) is 2.39. The van der Waals surface area contributed by atoms with E-state index in [9.17, 15) is 8.42 Å². The number of likely N-dealkylation sites (N-methyl/N-ethyl adjacent to an activating group) is 1. The number of para-hydroxylation sites is 1. The maximum atomic E-state index is 13.2. The van der Waals surface area contributed by atoms with Crippen molar-refractivity contribution < 1.29 is 13.2 Å². The summed E-state index contributed by atoms with van der Waals surface area (Å²) in [6, 6.07) is 13.2. The molecular formula is C21H24N2O3S. The molecule has 1 N–H and O–H groups in total. The van der Waals surface area contributed by atoms with Crippen LogP contribution in [0.4, 0.5) is 0 Å². The number of nitrogens with one attached hydrogen (secondary N) is 1. The number of hydrogen-bond donors (Lipinski definition) is 1. The van der Waals surface area contributed by atoms with Gasteiger partial charge in [0.1, 0.15) is 5.75 Å². The van der Waals surface area contributed by atoms with Crippen molar-refractivity contribution in [3.63, 3.8) is 0 Å². The molecule has 1 atom stereocenters. The van der Waals surface area contributed by atoms with E-state index in [4.69, 9.17) is 4.74 Å². The number of sulfonamides is 1. The van der Waals surface area contributed by atoms with Gasteiger partial charge < -0.3 is 9.72 Å². The van der Waals surface area contributed by atoms with E-state index >= 15 is 0 Å². The van der Waals surface area contributed by atoms with Gasteiger partial charge >= 0.3 is 0 Å². The minimum atomic E-state index is -3.56. The molecule has 2 aromatic carbocycles. The van der Waals surface area contributed by atoms with Crippen LogP contribution >= 0.6 is 0 Å². The number of fused-ring (bicyclic) bond motifs is 3. The van der Waals surface area contributed by atoms with E-state index in [1.807, 2.05) is 19.1 Å². The Balaban J connectivity index is 1.64. The van der Waals surface area contributed by atoms with Gasteiger partial charge in [0.15, 0.2) is 0 Å². The van der Waals surface area contributed by atoms with Crippen molar-refractivity contribution in [2.75, 3.05) is 14.2 Å². The zero-order valence-electron chi connectivity index (χ0n) is 15.8. The molecule has 0 saturated carbocycles. The lowest BCUT2D eigenvalue weighted by atomic mass is 9.91. The fourth-order valence-electron chi connectivity index (χ4n) is 4.04. The van der Waals surface area contributed by atoms with Gasteiger partial charge in [-0.2, -0.15) is 4.31 Å². The quantitative estimate of drug-likeness (QED) is 0.747. The van der Waals surface area contributed by atoms with Gasteiger partial charge in [0.25, 0.3) is 0 Å². The highest BCUT2D eigenvalue weighted by molar-refractivity contribution is 7.89. The molecular weight excluding hydrogens is 360 g/mol. The zero-order valence-corrected chi connectivity index (χ0v) is 16.6. The first kappa shape index (κ1) is 18.1. The summed E-state index contributed by atoms with van der Waals surface area (Å²) in [4.78, 5) is 3.80. The summed E-state index contributed by atoms with van der Waals surface area (Å²) in [5.74, 6) is 0.692. The average molecular weight is 385 g/mol. The van der Waals surface area contributed by atoms with E-state index in [0.29, 0.717) is 10.6 Å². The molecule has 0 fully saturated rings. The number of benzene rings is 2. The van der Waals surface area contributed by atoms with Crippen LogP contribution in [0.5, 0.6) is 5.75 Å². The number of aromatic nitrogens is 1. The molecule has 1 heterocycles. The van der Waals surface area contributed by atoms with Gasteiger partial charge in [0.2, 0.25) is 10.0 Å². The van der Waals surface area contributed by atoms with Crippen LogP contribution in [0.15, 0.2) is 47.4 Å². The zero-order chi connectivity index (χ0) is 19.2. The molecule has 4 rings (SSSR count). The molecule has 0 spiro atoms. The number of ether oxygens (including phenoxy) is 1. The molecule has 0 radical (unpaired) electrons. The first-order valence-electron chi connectivity index (χ1n) is 9.13. The molecule has 142 valence electrons. The Morgan fingerprint density at radius 1 is 1.19 bits per heavy atom. The Hall–Kier alpha value is -2.31. The van der Waals surface area contributed by atoms with E-state index in [-0.39, 0.29) is 6.04 Å². The summed E-state index contributed by atoms with van der Waals surface area (Å²) in [5, 5.41) is 1.20. The first-order valence-corrected chi connectivity index (χ1v) is 10.6. The van der Waals surface area contributed by atoms with E-state index < -0.39 is 10.0 Å². The number of rotatable bonds is 4. The molecule has 0 saturated heterocycles. The maximum Gasteiger partial charge on any atom is 0.243 e. The summed E-state index contributed by atoms with van der Waals surface area (Å²) in [5.41, 5.74) is 4.42. The molecule has 0 amide bonds. The third-order valence-electron chi connectivity index (χ3n) is 5.63. The van der Waals surface area contributed by atoms with Crippen molar-refractivity contribution in [1.82, 2.24) is 9.29 Å². The maximum absolute atomic E-state index is 13.2. The highest BCUT2D eigenvalue weighted by Gasteiger charge is 2.32. The second-order valence-electron chi connectivity index (χ2n) is 7.18. The lowest BCUT2D eigenvalue weighted by Crippen LogP contribution is -2.40. The van der Waals surface area contributed by atoms with Crippen LogP contribution in [-0.4, -0.2) is 37.9 Å². The Morgan fingerprint density at radius 2 is 1.96 bits per heavy atom. The Morgan fingerprint density at radius 3 is 2.70 bits per heavy atom. The Kier molecular flexibility index (Phi) is 4.48. The van der Waals surface area contributed by atoms with Gasteiger partial charge in [-0.25, -0.2) is 8.42 Å². The highest BCUT2D eigenvalue weighted by Crippen LogP contribution is 2.33. The van der Waals surface area contributed by atoms with Crippen molar-refractivity contribution in [3.05, 3.63) is 59.3 Å². The van der Waals surface area contributed by atoms with E-state index in [2.05, 4.69) is 17.1 Å². The Bertz CT molecular complexity index is 1100. The molecule has 1 aliphatic carbocycles. The number of hydrogen-bond acceptors (Lipinski definition) is 3. The third kappa shape index (κ3) is 3.03. The van der Waals surface area contributed by atoms with Crippen LogP contribution in [0, 0.1) is 6.92 Å². The van der Waals surface area contributed by atoms with Crippen molar-refractivity contribution in [3.8, 4) is 5.75 Å². The minimum absolute atomic E-state index is 0.0517. The van der Waals surface area contributed by atoms with Gasteiger partial charge in [-0.1, -0.05) is 18.2 Å². The van der Waals surface area contributed by atoms with E-state index in [0.717, 1.165) is 30.3 Å². The van der Waals surface area contributed by atoms with Crippen LogP contribution < -0.4 is 4.74 Å². The standard InChI is InChI=1S/C21H24N2O3S/c1-14-12-16(9-11-21(14)26-3)27(24,25)23(2)15-8-10-20-18(13-15)17-6-4-5-7-19(17)22-20/h4-7,9,11-12,15,22H,8,10,13H2,1-3H3. The van der Waals surface area contributed by atoms with E-state index in [1.54, 1.807) is 36.7 Å². The first-order chi connectivity index (χ1) is 12.9. The van der Waals surface area contributed by atoms with Gasteiger partial charge in [-0.15, -0.1) is 0 Å². The number of H-pyrrole nitrogens is 1. The lowest BCUT2D eigenvalue weighted by molar-refractivity contribution is 0.336. The summed E-state index contributed by atoms with van der Waals surface area (Å²) < 4.78 is 33.1. The average Bonchev–Trinajstić information content (AvgIpc) is 3.05. The molecule has 1 unspecified atom stereocenters. The molecule has 3 aromatic rings. The second kappa shape index (κ2) is 6.69. The van der Waals surface area contributed by atoms with Crippen LogP contribution in [-0.2, 0) is 22.9 Å². The van der Waals surface area contributed by atoms with Gasteiger partial charge in [0, 0.05) is 29.7 Å².